The quantitative estimate of drug-likeness (QED) is 0.590. The maximum absolute atomic E-state index is 11.8. The molecule has 8 heteroatoms. The zero-order chi connectivity index (χ0) is 14.5. The maximum atomic E-state index is 11.8. The van der Waals surface area contributed by atoms with Crippen molar-refractivity contribution in [3.63, 3.8) is 0 Å². The molecule has 0 saturated heterocycles. The lowest BCUT2D eigenvalue weighted by atomic mass is 10.2. The Bertz CT molecular complexity index is 404. The van der Waals surface area contributed by atoms with Gasteiger partial charge in [0.25, 0.3) is 0 Å². The van der Waals surface area contributed by atoms with E-state index in [0.717, 1.165) is 6.42 Å². The lowest BCUT2D eigenvalue weighted by Crippen LogP contribution is -2.18. The van der Waals surface area contributed by atoms with Crippen LogP contribution in [-0.4, -0.2) is 29.4 Å². The highest BCUT2D eigenvalue weighted by atomic mass is 35.5. The second-order valence-corrected chi connectivity index (χ2v) is 4.58. The molecule has 0 spiro atoms. The van der Waals surface area contributed by atoms with E-state index in [-0.39, 0.29) is 29.2 Å². The molecule has 0 aliphatic heterocycles. The van der Waals surface area contributed by atoms with Crippen LogP contribution in [0.4, 0.5) is 13.2 Å². The van der Waals surface area contributed by atoms with E-state index in [1.54, 1.807) is 0 Å². The van der Waals surface area contributed by atoms with E-state index in [2.05, 4.69) is 14.7 Å². The van der Waals surface area contributed by atoms with Crippen LogP contribution in [0.5, 0.6) is 0 Å². The molecular formula is C11H13Cl2F3N2O. The summed E-state index contributed by atoms with van der Waals surface area (Å²) in [7, 11) is 0. The summed E-state index contributed by atoms with van der Waals surface area (Å²) in [6.07, 6.45) is -2.71. The van der Waals surface area contributed by atoms with E-state index in [9.17, 15) is 13.2 Å². The van der Waals surface area contributed by atoms with Gasteiger partial charge >= 0.3 is 6.18 Å². The van der Waals surface area contributed by atoms with Crippen molar-refractivity contribution in [1.82, 2.24) is 9.97 Å². The van der Waals surface area contributed by atoms with Crippen LogP contribution in [0.3, 0.4) is 0 Å². The lowest BCUT2D eigenvalue weighted by Gasteiger charge is -2.09. The van der Waals surface area contributed by atoms with E-state index in [4.69, 9.17) is 23.2 Å². The predicted molar refractivity (Wildman–Crippen MR) is 66.6 cm³/mol. The summed E-state index contributed by atoms with van der Waals surface area (Å²) in [5.74, 6) is 0.275. The fourth-order valence-electron chi connectivity index (χ4n) is 1.39. The second kappa shape index (κ2) is 7.26. The van der Waals surface area contributed by atoms with Gasteiger partial charge in [-0.05, 0) is 6.42 Å². The minimum Gasteiger partial charge on any atom is -0.372 e. The average molecular weight is 317 g/mol. The molecule has 1 aromatic rings. The van der Waals surface area contributed by atoms with Gasteiger partial charge in [-0.1, -0.05) is 36.5 Å². The summed E-state index contributed by atoms with van der Waals surface area (Å²) in [6, 6.07) is 0. The van der Waals surface area contributed by atoms with Crippen LogP contribution in [0.15, 0.2) is 0 Å². The number of nitrogens with zero attached hydrogens (tertiary/aromatic N) is 2. The van der Waals surface area contributed by atoms with Crippen LogP contribution in [0.2, 0.25) is 10.3 Å². The van der Waals surface area contributed by atoms with E-state index < -0.39 is 12.8 Å². The average Bonchev–Trinajstić information content (AvgIpc) is 2.28. The maximum Gasteiger partial charge on any atom is 0.411 e. The molecule has 0 aliphatic rings. The highest BCUT2D eigenvalue weighted by Crippen LogP contribution is 2.23. The molecule has 3 nitrogen and oxygen atoms in total. The molecule has 19 heavy (non-hydrogen) atoms. The standard InChI is InChI=1S/C11H13Cl2F3N2O/c1-2-3-7-9(12)17-8(18-10(7)13)4-5-19-6-11(14,15)16/h2-6H2,1H3. The normalized spacial score (nSPS) is 11.9. The first-order chi connectivity index (χ1) is 8.83. The lowest BCUT2D eigenvalue weighted by molar-refractivity contribution is -0.173. The van der Waals surface area contributed by atoms with Gasteiger partial charge in [-0.15, -0.1) is 0 Å². The van der Waals surface area contributed by atoms with Crippen LogP contribution in [0.1, 0.15) is 24.7 Å². The smallest absolute Gasteiger partial charge is 0.372 e. The fraction of sp³-hybridized carbons (Fsp3) is 0.636. The van der Waals surface area contributed by atoms with E-state index in [0.29, 0.717) is 12.0 Å². The summed E-state index contributed by atoms with van der Waals surface area (Å²) >= 11 is 11.9. The van der Waals surface area contributed by atoms with Crippen molar-refractivity contribution in [2.75, 3.05) is 13.2 Å². The van der Waals surface area contributed by atoms with Crippen molar-refractivity contribution < 1.29 is 17.9 Å². The second-order valence-electron chi connectivity index (χ2n) is 3.87. The van der Waals surface area contributed by atoms with Crippen LogP contribution in [0.25, 0.3) is 0 Å². The summed E-state index contributed by atoms with van der Waals surface area (Å²) in [5, 5.41) is 0.486. The fourth-order valence-corrected chi connectivity index (χ4v) is 2.00. The summed E-state index contributed by atoms with van der Waals surface area (Å²) in [6.45, 7) is 0.535. The van der Waals surface area contributed by atoms with E-state index >= 15 is 0 Å². The van der Waals surface area contributed by atoms with E-state index in [1.807, 2.05) is 6.92 Å². The summed E-state index contributed by atoms with van der Waals surface area (Å²) in [4.78, 5) is 7.99. The third-order valence-electron chi connectivity index (χ3n) is 2.19. The first kappa shape index (κ1) is 16.5. The Morgan fingerprint density at radius 1 is 1.11 bits per heavy atom. The number of hydrogen-bond donors (Lipinski definition) is 0. The van der Waals surface area contributed by atoms with Gasteiger partial charge < -0.3 is 4.74 Å². The Hall–Kier alpha value is -0.590. The van der Waals surface area contributed by atoms with Crippen LogP contribution >= 0.6 is 23.2 Å². The van der Waals surface area contributed by atoms with Gasteiger partial charge in [0.1, 0.15) is 22.7 Å². The zero-order valence-corrected chi connectivity index (χ0v) is 11.7. The monoisotopic (exact) mass is 316 g/mol. The number of aromatic nitrogens is 2. The third kappa shape index (κ3) is 5.93. The van der Waals surface area contributed by atoms with Crippen molar-refractivity contribution in [2.24, 2.45) is 0 Å². The van der Waals surface area contributed by atoms with Gasteiger partial charge in [0, 0.05) is 12.0 Å². The molecule has 0 aliphatic carbocycles. The van der Waals surface area contributed by atoms with Crippen molar-refractivity contribution in [1.29, 1.82) is 0 Å². The number of alkyl halides is 3. The Kier molecular flexibility index (Phi) is 6.29. The van der Waals surface area contributed by atoms with Crippen molar-refractivity contribution >= 4 is 23.2 Å². The topological polar surface area (TPSA) is 35.0 Å². The number of ether oxygens (including phenoxy) is 1. The molecule has 0 saturated carbocycles. The Morgan fingerprint density at radius 3 is 2.16 bits per heavy atom. The molecule has 108 valence electrons. The molecule has 1 aromatic heterocycles. The molecular weight excluding hydrogens is 304 g/mol. The molecule has 0 radical (unpaired) electrons. The van der Waals surface area contributed by atoms with Crippen LogP contribution in [-0.2, 0) is 17.6 Å². The SMILES string of the molecule is CCCc1c(Cl)nc(CCOCC(F)(F)F)nc1Cl. The first-order valence-corrected chi connectivity index (χ1v) is 6.44. The summed E-state index contributed by atoms with van der Waals surface area (Å²) < 4.78 is 40.0. The largest absolute Gasteiger partial charge is 0.411 e. The molecule has 0 atom stereocenters. The highest BCUT2D eigenvalue weighted by molar-refractivity contribution is 6.34. The molecule has 0 fully saturated rings. The van der Waals surface area contributed by atoms with Gasteiger partial charge in [0.2, 0.25) is 0 Å². The molecule has 1 rings (SSSR count). The number of rotatable bonds is 6. The molecule has 0 unspecified atom stereocenters. The van der Waals surface area contributed by atoms with Crippen LogP contribution in [0, 0.1) is 0 Å². The Labute approximate surface area is 119 Å². The van der Waals surface area contributed by atoms with Gasteiger partial charge in [0.05, 0.1) is 6.61 Å². The van der Waals surface area contributed by atoms with Crippen molar-refractivity contribution in [2.45, 2.75) is 32.4 Å². The van der Waals surface area contributed by atoms with Crippen molar-refractivity contribution in [3.8, 4) is 0 Å². The Morgan fingerprint density at radius 2 is 1.68 bits per heavy atom. The third-order valence-corrected chi connectivity index (χ3v) is 2.81. The first-order valence-electron chi connectivity index (χ1n) is 5.68. The molecule has 0 bridgehead atoms. The van der Waals surface area contributed by atoms with Gasteiger partial charge in [-0.3, -0.25) is 0 Å². The minimum atomic E-state index is -4.33. The van der Waals surface area contributed by atoms with Gasteiger partial charge in [0.15, 0.2) is 0 Å². The molecule has 1 heterocycles. The van der Waals surface area contributed by atoms with Crippen LogP contribution < -0.4 is 0 Å². The van der Waals surface area contributed by atoms with Gasteiger partial charge in [-0.25, -0.2) is 9.97 Å². The Balaban J connectivity index is 2.56. The van der Waals surface area contributed by atoms with Crippen molar-refractivity contribution in [3.05, 3.63) is 21.7 Å². The highest BCUT2D eigenvalue weighted by Gasteiger charge is 2.27. The number of hydrogen-bond acceptors (Lipinski definition) is 3. The molecule has 0 N–H and O–H groups in total. The minimum absolute atomic E-state index is 0.127. The molecule has 0 amide bonds. The number of halogens is 5. The zero-order valence-electron chi connectivity index (χ0n) is 10.2. The van der Waals surface area contributed by atoms with Gasteiger partial charge in [-0.2, -0.15) is 13.2 Å². The molecule has 0 aromatic carbocycles. The predicted octanol–water partition coefficient (Wildman–Crippen LogP) is 3.86. The van der Waals surface area contributed by atoms with E-state index in [1.165, 1.54) is 0 Å². The summed E-state index contributed by atoms with van der Waals surface area (Å²) in [5.41, 5.74) is 0.658.